The summed E-state index contributed by atoms with van der Waals surface area (Å²) in [6.07, 6.45) is 3.86. The molecule has 0 fully saturated rings. The number of aliphatic carboxylic acids is 1. The van der Waals surface area contributed by atoms with Gasteiger partial charge in [0.15, 0.2) is 0 Å². The van der Waals surface area contributed by atoms with Crippen LogP contribution < -0.4 is 9.46 Å². The standard InChI is InChI=1S/C14H19NO5S/c1-3-4-9-15-21(18,19)12-6-7-13(20-2)11(10-12)5-8-14(16)17/h5-8,10,15H,3-4,9H2,1-2H3,(H,16,17). The molecule has 0 amide bonds. The normalized spacial score (nSPS) is 11.7. The molecule has 0 radical (unpaired) electrons. The van der Waals surface area contributed by atoms with Gasteiger partial charge in [0, 0.05) is 18.2 Å². The summed E-state index contributed by atoms with van der Waals surface area (Å²) in [5.41, 5.74) is 0.387. The molecular weight excluding hydrogens is 294 g/mol. The minimum atomic E-state index is -3.61. The molecule has 0 heterocycles. The molecule has 0 saturated carbocycles. The van der Waals surface area contributed by atoms with E-state index >= 15 is 0 Å². The van der Waals surface area contributed by atoms with Crippen molar-refractivity contribution in [1.29, 1.82) is 0 Å². The number of sulfonamides is 1. The maximum atomic E-state index is 12.1. The predicted octanol–water partition coefficient (Wildman–Crippen LogP) is 1.87. The third-order valence-corrected chi connectivity index (χ3v) is 4.20. The summed E-state index contributed by atoms with van der Waals surface area (Å²) in [6.45, 7) is 2.33. The Labute approximate surface area is 124 Å². The van der Waals surface area contributed by atoms with Crippen molar-refractivity contribution < 1.29 is 23.1 Å². The fraction of sp³-hybridized carbons (Fsp3) is 0.357. The number of carbonyl (C=O) groups is 1. The van der Waals surface area contributed by atoms with Crippen LogP contribution in [0.2, 0.25) is 0 Å². The van der Waals surface area contributed by atoms with Crippen LogP contribution in [0.3, 0.4) is 0 Å². The highest BCUT2D eigenvalue weighted by Gasteiger charge is 2.15. The van der Waals surface area contributed by atoms with E-state index in [2.05, 4.69) is 4.72 Å². The number of hydrogen-bond acceptors (Lipinski definition) is 4. The smallest absolute Gasteiger partial charge is 0.328 e. The molecule has 0 bridgehead atoms. The number of nitrogens with one attached hydrogen (secondary N) is 1. The Balaban J connectivity index is 3.09. The van der Waals surface area contributed by atoms with Crippen molar-refractivity contribution in [2.75, 3.05) is 13.7 Å². The van der Waals surface area contributed by atoms with Gasteiger partial charge in [-0.2, -0.15) is 0 Å². The summed E-state index contributed by atoms with van der Waals surface area (Å²) < 4.78 is 31.8. The lowest BCUT2D eigenvalue weighted by molar-refractivity contribution is -0.131. The van der Waals surface area contributed by atoms with Gasteiger partial charge in [-0.3, -0.25) is 0 Å². The van der Waals surface area contributed by atoms with Crippen LogP contribution in [0.15, 0.2) is 29.2 Å². The van der Waals surface area contributed by atoms with Crippen LogP contribution in [0.4, 0.5) is 0 Å². The van der Waals surface area contributed by atoms with Crippen molar-refractivity contribution in [2.45, 2.75) is 24.7 Å². The molecule has 0 aromatic heterocycles. The first kappa shape index (κ1) is 17.2. The fourth-order valence-electron chi connectivity index (χ4n) is 1.64. The first-order valence-electron chi connectivity index (χ1n) is 6.49. The number of ether oxygens (including phenoxy) is 1. The average Bonchev–Trinajstić information content (AvgIpc) is 2.44. The SMILES string of the molecule is CCCCNS(=O)(=O)c1ccc(OC)c(C=CC(=O)O)c1. The molecule has 2 N–H and O–H groups in total. The van der Waals surface area contributed by atoms with E-state index in [-0.39, 0.29) is 4.90 Å². The summed E-state index contributed by atoms with van der Waals surface area (Å²) in [5.74, 6) is -0.716. The van der Waals surface area contributed by atoms with Crippen molar-refractivity contribution in [3.63, 3.8) is 0 Å². The first-order chi connectivity index (χ1) is 9.90. The van der Waals surface area contributed by atoms with Gasteiger partial charge >= 0.3 is 5.97 Å². The number of unbranched alkanes of at least 4 members (excludes halogenated alkanes) is 1. The van der Waals surface area contributed by atoms with E-state index in [0.717, 1.165) is 18.9 Å². The monoisotopic (exact) mass is 313 g/mol. The molecule has 0 aliphatic carbocycles. The van der Waals surface area contributed by atoms with E-state index in [1.54, 1.807) is 0 Å². The third kappa shape index (κ3) is 5.20. The molecule has 1 aromatic carbocycles. The highest BCUT2D eigenvalue weighted by molar-refractivity contribution is 7.89. The number of benzene rings is 1. The Morgan fingerprint density at radius 1 is 1.43 bits per heavy atom. The molecular formula is C14H19NO5S. The number of carboxylic acids is 1. The van der Waals surface area contributed by atoms with Crippen LogP contribution >= 0.6 is 0 Å². The van der Waals surface area contributed by atoms with E-state index in [0.29, 0.717) is 17.9 Å². The molecule has 0 saturated heterocycles. The van der Waals surface area contributed by atoms with Crippen molar-refractivity contribution in [3.8, 4) is 5.75 Å². The van der Waals surface area contributed by atoms with Crippen molar-refractivity contribution in [3.05, 3.63) is 29.8 Å². The van der Waals surface area contributed by atoms with E-state index in [1.165, 1.54) is 31.4 Å². The van der Waals surface area contributed by atoms with Crippen LogP contribution in [0, 0.1) is 0 Å². The van der Waals surface area contributed by atoms with Crippen LogP contribution in [0.5, 0.6) is 5.75 Å². The fourth-order valence-corrected chi connectivity index (χ4v) is 2.75. The number of methoxy groups -OCH3 is 1. The molecule has 6 nitrogen and oxygen atoms in total. The largest absolute Gasteiger partial charge is 0.496 e. The van der Waals surface area contributed by atoms with Gasteiger partial charge in [0.1, 0.15) is 5.75 Å². The predicted molar refractivity (Wildman–Crippen MR) is 79.8 cm³/mol. The van der Waals surface area contributed by atoms with Crippen molar-refractivity contribution in [1.82, 2.24) is 4.72 Å². The average molecular weight is 313 g/mol. The minimum Gasteiger partial charge on any atom is -0.496 e. The summed E-state index contributed by atoms with van der Waals surface area (Å²) in [7, 11) is -2.17. The first-order valence-corrected chi connectivity index (χ1v) is 7.97. The van der Waals surface area contributed by atoms with Gasteiger partial charge in [-0.15, -0.1) is 0 Å². The molecule has 21 heavy (non-hydrogen) atoms. The van der Waals surface area contributed by atoms with Gasteiger partial charge in [-0.25, -0.2) is 17.9 Å². The zero-order chi connectivity index (χ0) is 15.9. The van der Waals surface area contributed by atoms with Crippen molar-refractivity contribution in [2.24, 2.45) is 0 Å². The van der Waals surface area contributed by atoms with Crippen molar-refractivity contribution >= 4 is 22.1 Å². The quantitative estimate of drug-likeness (QED) is 0.564. The minimum absolute atomic E-state index is 0.0736. The molecule has 0 spiro atoms. The molecule has 1 rings (SSSR count). The van der Waals surface area contributed by atoms with Crippen LogP contribution in [0.25, 0.3) is 6.08 Å². The Kier molecular flexibility index (Phi) is 6.39. The van der Waals surface area contributed by atoms with Crippen LogP contribution in [0.1, 0.15) is 25.3 Å². The second-order valence-electron chi connectivity index (χ2n) is 4.33. The van der Waals surface area contributed by atoms with Gasteiger partial charge in [0.05, 0.1) is 12.0 Å². The van der Waals surface area contributed by atoms with Gasteiger partial charge in [-0.05, 0) is 30.7 Å². The van der Waals surface area contributed by atoms with Gasteiger partial charge in [-0.1, -0.05) is 13.3 Å². The van der Waals surface area contributed by atoms with Crippen LogP contribution in [-0.2, 0) is 14.8 Å². The number of rotatable bonds is 8. The lowest BCUT2D eigenvalue weighted by Gasteiger charge is -2.09. The topological polar surface area (TPSA) is 92.7 Å². The second kappa shape index (κ2) is 7.80. The molecule has 0 aliphatic heterocycles. The lowest BCUT2D eigenvalue weighted by Crippen LogP contribution is -2.24. The number of hydrogen-bond donors (Lipinski definition) is 2. The molecule has 0 atom stereocenters. The summed E-state index contributed by atoms with van der Waals surface area (Å²) >= 11 is 0. The maximum absolute atomic E-state index is 12.1. The zero-order valence-corrected chi connectivity index (χ0v) is 12.8. The van der Waals surface area contributed by atoms with E-state index < -0.39 is 16.0 Å². The summed E-state index contributed by atoms with van der Waals surface area (Å²) in [5, 5.41) is 8.65. The van der Waals surface area contributed by atoms with Crippen LogP contribution in [-0.4, -0.2) is 33.1 Å². The Morgan fingerprint density at radius 2 is 2.14 bits per heavy atom. The maximum Gasteiger partial charge on any atom is 0.328 e. The number of carboxylic acid groups (broad SMARTS) is 1. The lowest BCUT2D eigenvalue weighted by atomic mass is 10.2. The molecule has 0 aliphatic rings. The Bertz CT molecular complexity index is 622. The second-order valence-corrected chi connectivity index (χ2v) is 6.09. The third-order valence-electron chi connectivity index (χ3n) is 2.74. The van der Waals surface area contributed by atoms with E-state index in [9.17, 15) is 13.2 Å². The van der Waals surface area contributed by atoms with E-state index in [4.69, 9.17) is 9.84 Å². The van der Waals surface area contributed by atoms with Gasteiger partial charge in [0.2, 0.25) is 10.0 Å². The van der Waals surface area contributed by atoms with E-state index in [1.807, 2.05) is 6.92 Å². The molecule has 7 heteroatoms. The zero-order valence-electron chi connectivity index (χ0n) is 12.0. The molecule has 116 valence electrons. The Morgan fingerprint density at radius 3 is 2.71 bits per heavy atom. The molecule has 1 aromatic rings. The van der Waals surface area contributed by atoms with Gasteiger partial charge < -0.3 is 9.84 Å². The summed E-state index contributed by atoms with van der Waals surface area (Å²) in [6, 6.07) is 4.30. The Hall–Kier alpha value is -1.86. The van der Waals surface area contributed by atoms with Gasteiger partial charge in [0.25, 0.3) is 0 Å². The summed E-state index contributed by atoms with van der Waals surface area (Å²) in [4.78, 5) is 10.6. The molecule has 0 unspecified atom stereocenters. The highest BCUT2D eigenvalue weighted by atomic mass is 32.2. The highest BCUT2D eigenvalue weighted by Crippen LogP contribution is 2.23.